The molecule has 0 aromatic heterocycles. The fraction of sp³-hybridized carbons (Fsp3) is 0.875. The number of amides is 1. The molecule has 1 heterocycles. The van der Waals surface area contributed by atoms with Gasteiger partial charge in [0.1, 0.15) is 0 Å². The van der Waals surface area contributed by atoms with Crippen molar-refractivity contribution in [1.29, 1.82) is 0 Å². The van der Waals surface area contributed by atoms with Crippen LogP contribution in [0.4, 0.5) is 13.2 Å². The summed E-state index contributed by atoms with van der Waals surface area (Å²) in [5, 5.41) is 10.8. The Labute approximate surface area is 84.4 Å². The lowest BCUT2D eigenvalue weighted by Crippen LogP contribution is -2.43. The molecule has 1 unspecified atom stereocenters. The predicted octanol–water partition coefficient (Wildman–Crippen LogP) is 0.552. The van der Waals surface area contributed by atoms with Crippen LogP contribution in [0, 0.1) is 0 Å². The van der Waals surface area contributed by atoms with Gasteiger partial charge in [-0.15, -0.1) is 0 Å². The second kappa shape index (κ2) is 4.80. The van der Waals surface area contributed by atoms with Crippen LogP contribution >= 0.6 is 0 Å². The van der Waals surface area contributed by atoms with Crippen LogP contribution in [-0.2, 0) is 9.53 Å². The fourth-order valence-corrected chi connectivity index (χ4v) is 1.34. The average molecular weight is 227 g/mol. The van der Waals surface area contributed by atoms with Gasteiger partial charge in [0.05, 0.1) is 6.10 Å². The Kier molecular flexibility index (Phi) is 3.92. The molecule has 4 nitrogen and oxygen atoms in total. The van der Waals surface area contributed by atoms with Crippen molar-refractivity contribution >= 4 is 5.91 Å². The number of nitrogens with one attached hydrogen (secondary N) is 1. The first-order chi connectivity index (χ1) is 6.89. The van der Waals surface area contributed by atoms with E-state index in [0.29, 0.717) is 19.3 Å². The smallest absolute Gasteiger partial charge is 0.368 e. The lowest BCUT2D eigenvalue weighted by molar-refractivity contribution is -0.179. The summed E-state index contributed by atoms with van der Waals surface area (Å²) in [6.45, 7) is -0.227. The minimum absolute atomic E-state index is 0.227. The normalized spacial score (nSPS) is 27.5. The van der Waals surface area contributed by atoms with Gasteiger partial charge in [-0.05, 0) is 19.3 Å². The van der Waals surface area contributed by atoms with Gasteiger partial charge in [-0.25, -0.2) is 0 Å². The fourth-order valence-electron chi connectivity index (χ4n) is 1.34. The maximum Gasteiger partial charge on any atom is 0.471 e. The third-order valence-corrected chi connectivity index (χ3v) is 2.07. The molecule has 0 saturated carbocycles. The number of aliphatic hydroxyl groups excluding tert-OH is 1. The molecule has 1 saturated heterocycles. The van der Waals surface area contributed by atoms with E-state index < -0.39 is 24.5 Å². The van der Waals surface area contributed by atoms with Crippen molar-refractivity contribution in [2.24, 2.45) is 0 Å². The first kappa shape index (κ1) is 12.3. The molecule has 1 amide bonds. The lowest BCUT2D eigenvalue weighted by atomic mass is 10.1. The highest BCUT2D eigenvalue weighted by atomic mass is 19.4. The van der Waals surface area contributed by atoms with Crippen LogP contribution in [0.5, 0.6) is 0 Å². The molecule has 0 bridgehead atoms. The number of hydrogen-bond donors (Lipinski definition) is 2. The number of carbonyl (C=O) groups excluding carboxylic acids is 1. The Balaban J connectivity index is 2.28. The topological polar surface area (TPSA) is 58.6 Å². The first-order valence-corrected chi connectivity index (χ1v) is 4.58. The summed E-state index contributed by atoms with van der Waals surface area (Å²) in [7, 11) is 0. The standard InChI is InChI=1S/C8H12F3NO3/c9-8(10,11)7(14)12-4-5-2-1-3-6(13)15-5/h5-6,13H,1-4H2,(H,12,14)/t5?,6-/m0/s1. The Morgan fingerprint density at radius 3 is 2.67 bits per heavy atom. The van der Waals surface area contributed by atoms with Crippen LogP contribution in [0.1, 0.15) is 19.3 Å². The van der Waals surface area contributed by atoms with E-state index in [1.165, 1.54) is 0 Å². The number of aliphatic hydroxyl groups is 1. The van der Waals surface area contributed by atoms with E-state index in [-0.39, 0.29) is 6.54 Å². The lowest BCUT2D eigenvalue weighted by Gasteiger charge is -2.26. The van der Waals surface area contributed by atoms with E-state index in [2.05, 4.69) is 0 Å². The molecule has 1 rings (SSSR count). The van der Waals surface area contributed by atoms with Crippen LogP contribution in [0.15, 0.2) is 0 Å². The number of alkyl halides is 3. The number of hydrogen-bond acceptors (Lipinski definition) is 3. The Hall–Kier alpha value is -0.820. The summed E-state index contributed by atoms with van der Waals surface area (Å²) in [6.07, 6.45) is -4.66. The monoisotopic (exact) mass is 227 g/mol. The minimum Gasteiger partial charge on any atom is -0.368 e. The SMILES string of the molecule is O=C(NCC1CCC[C@@H](O)O1)C(F)(F)F. The van der Waals surface area contributed by atoms with E-state index in [0.717, 1.165) is 0 Å². The highest BCUT2D eigenvalue weighted by Crippen LogP contribution is 2.18. The summed E-state index contributed by atoms with van der Waals surface area (Å²) >= 11 is 0. The van der Waals surface area contributed by atoms with Crippen LogP contribution in [0.25, 0.3) is 0 Å². The molecule has 1 aliphatic heterocycles. The van der Waals surface area contributed by atoms with E-state index in [1.54, 1.807) is 5.32 Å². The summed E-state index contributed by atoms with van der Waals surface area (Å²) in [5.74, 6) is -1.98. The Morgan fingerprint density at radius 2 is 2.13 bits per heavy atom. The van der Waals surface area contributed by atoms with Crippen molar-refractivity contribution in [2.75, 3.05) is 6.54 Å². The molecule has 2 N–H and O–H groups in total. The van der Waals surface area contributed by atoms with Crippen molar-refractivity contribution < 1.29 is 27.8 Å². The predicted molar refractivity (Wildman–Crippen MR) is 43.8 cm³/mol. The summed E-state index contributed by atoms with van der Waals surface area (Å²) in [4.78, 5) is 10.4. The van der Waals surface area contributed by atoms with Crippen molar-refractivity contribution in [3.63, 3.8) is 0 Å². The largest absolute Gasteiger partial charge is 0.471 e. The van der Waals surface area contributed by atoms with Gasteiger partial charge in [0.2, 0.25) is 0 Å². The third-order valence-electron chi connectivity index (χ3n) is 2.07. The van der Waals surface area contributed by atoms with Gasteiger partial charge in [-0.3, -0.25) is 4.79 Å². The molecule has 0 aliphatic carbocycles. The van der Waals surface area contributed by atoms with Crippen molar-refractivity contribution in [3.05, 3.63) is 0 Å². The summed E-state index contributed by atoms with van der Waals surface area (Å²) in [6, 6.07) is 0. The van der Waals surface area contributed by atoms with Gasteiger partial charge in [-0.2, -0.15) is 13.2 Å². The zero-order chi connectivity index (χ0) is 11.5. The van der Waals surface area contributed by atoms with E-state index in [9.17, 15) is 18.0 Å². The molecule has 0 spiro atoms. The van der Waals surface area contributed by atoms with Gasteiger partial charge in [0.15, 0.2) is 6.29 Å². The molecule has 2 atom stereocenters. The van der Waals surface area contributed by atoms with E-state index in [4.69, 9.17) is 9.84 Å². The van der Waals surface area contributed by atoms with Crippen molar-refractivity contribution in [3.8, 4) is 0 Å². The first-order valence-electron chi connectivity index (χ1n) is 4.58. The van der Waals surface area contributed by atoms with Gasteiger partial charge < -0.3 is 15.2 Å². The molecule has 15 heavy (non-hydrogen) atoms. The van der Waals surface area contributed by atoms with E-state index >= 15 is 0 Å². The van der Waals surface area contributed by atoms with Gasteiger partial charge in [0, 0.05) is 6.54 Å². The van der Waals surface area contributed by atoms with Gasteiger partial charge in [-0.1, -0.05) is 0 Å². The number of halogens is 3. The molecule has 7 heteroatoms. The maximum absolute atomic E-state index is 11.8. The maximum atomic E-state index is 11.8. The zero-order valence-electron chi connectivity index (χ0n) is 7.88. The average Bonchev–Trinajstić information content (AvgIpc) is 2.12. The number of carbonyl (C=O) groups is 1. The second-order valence-electron chi connectivity index (χ2n) is 3.35. The third kappa shape index (κ3) is 4.05. The van der Waals surface area contributed by atoms with E-state index in [1.807, 2.05) is 0 Å². The molecular weight excluding hydrogens is 215 g/mol. The molecule has 0 aromatic rings. The van der Waals surface area contributed by atoms with Gasteiger partial charge >= 0.3 is 12.1 Å². The van der Waals surface area contributed by atoms with Crippen LogP contribution in [0.2, 0.25) is 0 Å². The van der Waals surface area contributed by atoms with Crippen molar-refractivity contribution in [1.82, 2.24) is 5.32 Å². The van der Waals surface area contributed by atoms with Crippen LogP contribution in [-0.4, -0.2) is 36.1 Å². The molecule has 1 fully saturated rings. The molecule has 88 valence electrons. The molecule has 0 radical (unpaired) electrons. The highest BCUT2D eigenvalue weighted by Gasteiger charge is 2.38. The second-order valence-corrected chi connectivity index (χ2v) is 3.35. The molecule has 0 aromatic carbocycles. The number of rotatable bonds is 2. The van der Waals surface area contributed by atoms with Crippen molar-refractivity contribution in [2.45, 2.75) is 37.8 Å². The number of ether oxygens (including phenoxy) is 1. The van der Waals surface area contributed by atoms with Crippen LogP contribution < -0.4 is 5.32 Å². The quantitative estimate of drug-likeness (QED) is 0.724. The molecular formula is C8H12F3NO3. The Morgan fingerprint density at radius 1 is 1.47 bits per heavy atom. The van der Waals surface area contributed by atoms with Gasteiger partial charge in [0.25, 0.3) is 0 Å². The molecule has 1 aliphatic rings. The Bertz CT molecular complexity index is 232. The summed E-state index contributed by atoms with van der Waals surface area (Å²) < 4.78 is 40.3. The minimum atomic E-state index is -4.87. The summed E-state index contributed by atoms with van der Waals surface area (Å²) in [5.41, 5.74) is 0. The zero-order valence-corrected chi connectivity index (χ0v) is 7.88. The highest BCUT2D eigenvalue weighted by molar-refractivity contribution is 5.81. The van der Waals surface area contributed by atoms with Crippen LogP contribution in [0.3, 0.4) is 0 Å².